The van der Waals surface area contributed by atoms with Crippen LogP contribution in [0.25, 0.3) is 10.9 Å². The number of benzene rings is 1. The van der Waals surface area contributed by atoms with Crippen molar-refractivity contribution in [3.63, 3.8) is 0 Å². The molecule has 2 nitrogen and oxygen atoms in total. The summed E-state index contributed by atoms with van der Waals surface area (Å²) in [7, 11) is 1.93. The van der Waals surface area contributed by atoms with Crippen molar-refractivity contribution in [1.82, 2.24) is 9.78 Å². The Morgan fingerprint density at radius 3 is 3.00 bits per heavy atom. The second kappa shape index (κ2) is 2.09. The van der Waals surface area contributed by atoms with Gasteiger partial charge in [-0.05, 0) is 18.6 Å². The largest absolute Gasteiger partial charge is 0.267 e. The van der Waals surface area contributed by atoms with Gasteiger partial charge in [0.2, 0.25) is 0 Å². The molecule has 1 radical (unpaired) electrons. The van der Waals surface area contributed by atoms with Crippen LogP contribution in [0, 0.1) is 13.1 Å². The lowest BCUT2D eigenvalue weighted by molar-refractivity contribution is 0.794. The molecule has 0 fully saturated rings. The molecular weight excluding hydrogens is 136 g/mol. The Bertz CT molecular complexity index is 387. The molecule has 0 N–H and O–H groups in total. The molecular formula is C9H9N2. The predicted molar refractivity (Wildman–Crippen MR) is 44.3 cm³/mol. The number of hydrogen-bond acceptors (Lipinski definition) is 1. The van der Waals surface area contributed by atoms with Gasteiger partial charge in [-0.25, -0.2) is 0 Å². The smallest absolute Gasteiger partial charge is 0.121 e. The first-order valence-electron chi connectivity index (χ1n) is 3.59. The minimum atomic E-state index is 1.12. The van der Waals surface area contributed by atoms with Gasteiger partial charge in [0.25, 0.3) is 0 Å². The molecule has 2 aromatic rings. The van der Waals surface area contributed by atoms with Crippen molar-refractivity contribution in [1.29, 1.82) is 0 Å². The predicted octanol–water partition coefficient (Wildman–Crippen LogP) is 1.68. The van der Waals surface area contributed by atoms with E-state index in [0.29, 0.717) is 0 Å². The van der Waals surface area contributed by atoms with E-state index in [2.05, 4.69) is 24.3 Å². The third-order valence-corrected chi connectivity index (χ3v) is 1.91. The fourth-order valence-corrected chi connectivity index (χ4v) is 1.25. The summed E-state index contributed by atoms with van der Waals surface area (Å²) >= 11 is 0. The molecule has 1 aromatic carbocycles. The second-order valence-electron chi connectivity index (χ2n) is 2.70. The lowest BCUT2D eigenvalue weighted by atomic mass is 10.1. The van der Waals surface area contributed by atoms with Crippen LogP contribution < -0.4 is 0 Å². The molecule has 11 heavy (non-hydrogen) atoms. The minimum Gasteiger partial charge on any atom is -0.267 e. The topological polar surface area (TPSA) is 17.8 Å². The highest BCUT2D eigenvalue weighted by atomic mass is 15.2. The van der Waals surface area contributed by atoms with Gasteiger partial charge >= 0.3 is 0 Å². The lowest BCUT2D eigenvalue weighted by Gasteiger charge is -1.94. The SMILES string of the molecule is Cc1cccc2c1[c]nn2C. The summed E-state index contributed by atoms with van der Waals surface area (Å²) in [5.41, 5.74) is 2.38. The van der Waals surface area contributed by atoms with E-state index in [0.717, 1.165) is 10.9 Å². The van der Waals surface area contributed by atoms with Crippen LogP contribution in [0.5, 0.6) is 0 Å². The van der Waals surface area contributed by atoms with Crippen LogP contribution in [0.2, 0.25) is 0 Å². The Hall–Kier alpha value is -1.31. The molecule has 0 aliphatic heterocycles. The zero-order valence-corrected chi connectivity index (χ0v) is 6.63. The zero-order valence-electron chi connectivity index (χ0n) is 6.63. The molecule has 2 heteroatoms. The Balaban J connectivity index is 2.94. The molecule has 0 unspecified atom stereocenters. The molecule has 1 aromatic heterocycles. The summed E-state index contributed by atoms with van der Waals surface area (Å²) in [6.45, 7) is 2.07. The van der Waals surface area contributed by atoms with Crippen molar-refractivity contribution in [2.45, 2.75) is 6.92 Å². The molecule has 0 saturated carbocycles. The third-order valence-electron chi connectivity index (χ3n) is 1.91. The standard InChI is InChI=1S/C9H9N2/c1-7-4-3-5-9-8(7)6-10-11(9)2/h3-5H,1-2H3. The van der Waals surface area contributed by atoms with E-state index in [-0.39, 0.29) is 0 Å². The van der Waals surface area contributed by atoms with E-state index >= 15 is 0 Å². The number of rotatable bonds is 0. The van der Waals surface area contributed by atoms with Crippen LogP contribution in [-0.4, -0.2) is 9.78 Å². The highest BCUT2D eigenvalue weighted by molar-refractivity contribution is 5.81. The highest BCUT2D eigenvalue weighted by Gasteiger charge is 1.99. The van der Waals surface area contributed by atoms with Gasteiger partial charge in [-0.3, -0.25) is 4.68 Å². The van der Waals surface area contributed by atoms with E-state index in [4.69, 9.17) is 0 Å². The van der Waals surface area contributed by atoms with Crippen LogP contribution >= 0.6 is 0 Å². The van der Waals surface area contributed by atoms with Crippen LogP contribution in [0.4, 0.5) is 0 Å². The number of hydrogen-bond donors (Lipinski definition) is 0. The van der Waals surface area contributed by atoms with Gasteiger partial charge in [0.05, 0.1) is 5.52 Å². The van der Waals surface area contributed by atoms with Gasteiger partial charge < -0.3 is 0 Å². The van der Waals surface area contributed by atoms with Crippen molar-refractivity contribution in [3.05, 3.63) is 30.0 Å². The van der Waals surface area contributed by atoms with Gasteiger partial charge in [-0.15, -0.1) is 0 Å². The molecule has 2 rings (SSSR count). The Morgan fingerprint density at radius 2 is 2.27 bits per heavy atom. The van der Waals surface area contributed by atoms with E-state index in [1.807, 2.05) is 23.9 Å². The summed E-state index contributed by atoms with van der Waals surface area (Å²) in [4.78, 5) is 0. The number of aryl methyl sites for hydroxylation is 2. The molecule has 1 heterocycles. The first-order chi connectivity index (χ1) is 5.29. The average molecular weight is 145 g/mol. The van der Waals surface area contributed by atoms with Gasteiger partial charge in [0.15, 0.2) is 0 Å². The molecule has 0 saturated heterocycles. The summed E-state index contributed by atoms with van der Waals surface area (Å²) < 4.78 is 1.84. The maximum Gasteiger partial charge on any atom is 0.121 e. The Labute approximate surface area is 65.5 Å². The van der Waals surface area contributed by atoms with Crippen molar-refractivity contribution >= 4 is 10.9 Å². The van der Waals surface area contributed by atoms with Gasteiger partial charge in [-0.2, -0.15) is 5.10 Å². The highest BCUT2D eigenvalue weighted by Crippen LogP contribution is 2.15. The fourth-order valence-electron chi connectivity index (χ4n) is 1.25. The number of fused-ring (bicyclic) bond motifs is 1. The summed E-state index contributed by atoms with van der Waals surface area (Å²) in [6, 6.07) is 6.15. The fraction of sp³-hybridized carbons (Fsp3) is 0.222. The molecule has 0 aliphatic carbocycles. The minimum absolute atomic E-state index is 1.12. The van der Waals surface area contributed by atoms with E-state index in [9.17, 15) is 0 Å². The Morgan fingerprint density at radius 1 is 1.45 bits per heavy atom. The lowest BCUT2D eigenvalue weighted by Crippen LogP contribution is -1.87. The Kier molecular flexibility index (Phi) is 1.22. The molecule has 0 amide bonds. The van der Waals surface area contributed by atoms with Crippen LogP contribution in [0.3, 0.4) is 0 Å². The zero-order chi connectivity index (χ0) is 7.84. The number of nitrogens with zero attached hydrogens (tertiary/aromatic N) is 2. The monoisotopic (exact) mass is 145 g/mol. The van der Waals surface area contributed by atoms with Crippen LogP contribution in [0.1, 0.15) is 5.56 Å². The first kappa shape index (κ1) is 6.40. The van der Waals surface area contributed by atoms with Gasteiger partial charge in [0.1, 0.15) is 6.20 Å². The van der Waals surface area contributed by atoms with Crippen molar-refractivity contribution in [3.8, 4) is 0 Å². The third kappa shape index (κ3) is 0.827. The van der Waals surface area contributed by atoms with Crippen molar-refractivity contribution in [2.24, 2.45) is 7.05 Å². The average Bonchev–Trinajstić information content (AvgIpc) is 2.35. The first-order valence-corrected chi connectivity index (χ1v) is 3.59. The molecule has 0 bridgehead atoms. The van der Waals surface area contributed by atoms with Crippen LogP contribution in [0.15, 0.2) is 18.2 Å². The maximum atomic E-state index is 4.05. The molecule has 0 atom stereocenters. The maximum absolute atomic E-state index is 4.05. The molecule has 55 valence electrons. The summed E-state index contributed by atoms with van der Waals surface area (Å²) in [6.07, 6.45) is 2.97. The van der Waals surface area contributed by atoms with E-state index < -0.39 is 0 Å². The normalized spacial score (nSPS) is 10.7. The van der Waals surface area contributed by atoms with Gasteiger partial charge in [0, 0.05) is 12.4 Å². The molecule has 0 aliphatic rings. The van der Waals surface area contributed by atoms with Gasteiger partial charge in [-0.1, -0.05) is 12.1 Å². The van der Waals surface area contributed by atoms with Crippen LogP contribution in [-0.2, 0) is 7.05 Å². The second-order valence-corrected chi connectivity index (χ2v) is 2.70. The van der Waals surface area contributed by atoms with Crippen molar-refractivity contribution < 1.29 is 0 Å². The van der Waals surface area contributed by atoms with E-state index in [1.54, 1.807) is 0 Å². The summed E-state index contributed by atoms with van der Waals surface area (Å²) in [5, 5.41) is 5.17. The van der Waals surface area contributed by atoms with Crippen molar-refractivity contribution in [2.75, 3.05) is 0 Å². The number of aromatic nitrogens is 2. The van der Waals surface area contributed by atoms with E-state index in [1.165, 1.54) is 5.56 Å². The summed E-state index contributed by atoms with van der Waals surface area (Å²) in [5.74, 6) is 0. The quantitative estimate of drug-likeness (QED) is 0.551. The molecule has 0 spiro atoms.